The monoisotopic (exact) mass is 294 g/mol. The van der Waals surface area contributed by atoms with Crippen LogP contribution >= 0.6 is 15.9 Å². The highest BCUT2D eigenvalue weighted by Gasteiger charge is 2.12. The molecule has 0 unspecified atom stereocenters. The van der Waals surface area contributed by atoms with Gasteiger partial charge in [-0.1, -0.05) is 15.9 Å². The van der Waals surface area contributed by atoms with E-state index < -0.39 is 0 Å². The number of benzene rings is 1. The van der Waals surface area contributed by atoms with E-state index in [1.807, 2.05) is 18.2 Å². The van der Waals surface area contributed by atoms with Crippen LogP contribution < -0.4 is 4.74 Å². The summed E-state index contributed by atoms with van der Waals surface area (Å²) in [6.45, 7) is 0. The predicted octanol–water partition coefficient (Wildman–Crippen LogP) is 3.48. The average Bonchev–Trinajstić information content (AvgIpc) is 2.83. The van der Waals surface area contributed by atoms with Crippen LogP contribution in [-0.4, -0.2) is 12.9 Å². The van der Waals surface area contributed by atoms with E-state index in [2.05, 4.69) is 15.9 Å². The molecule has 2 aromatic rings. The number of methoxy groups -OCH3 is 1. The summed E-state index contributed by atoms with van der Waals surface area (Å²) in [6, 6.07) is 7.26. The molecule has 0 radical (unpaired) electrons. The van der Waals surface area contributed by atoms with Gasteiger partial charge in [0.1, 0.15) is 12.0 Å². The van der Waals surface area contributed by atoms with Crippen LogP contribution in [0.25, 0.3) is 0 Å². The first-order chi connectivity index (χ1) is 8.20. The van der Waals surface area contributed by atoms with Gasteiger partial charge in [-0.25, -0.2) is 0 Å². The maximum atomic E-state index is 11.9. The fourth-order valence-corrected chi connectivity index (χ4v) is 1.99. The first-order valence-corrected chi connectivity index (χ1v) is 5.88. The molecule has 0 fully saturated rings. The van der Waals surface area contributed by atoms with Gasteiger partial charge in [-0.2, -0.15) is 0 Å². The van der Waals surface area contributed by atoms with Crippen LogP contribution in [0.4, 0.5) is 0 Å². The molecule has 17 heavy (non-hydrogen) atoms. The quantitative estimate of drug-likeness (QED) is 0.811. The van der Waals surface area contributed by atoms with Crippen molar-refractivity contribution in [1.29, 1.82) is 0 Å². The highest BCUT2D eigenvalue weighted by molar-refractivity contribution is 9.10. The van der Waals surface area contributed by atoms with Crippen molar-refractivity contribution in [2.45, 2.75) is 6.42 Å². The van der Waals surface area contributed by atoms with Crippen LogP contribution in [0.1, 0.15) is 15.9 Å². The Morgan fingerprint density at radius 3 is 2.88 bits per heavy atom. The lowest BCUT2D eigenvalue weighted by atomic mass is 10.0. The SMILES string of the molecule is COc1ccc(Br)cc1CC(=O)c1ccoc1. The summed E-state index contributed by atoms with van der Waals surface area (Å²) in [7, 11) is 1.59. The van der Waals surface area contributed by atoms with E-state index in [-0.39, 0.29) is 5.78 Å². The minimum Gasteiger partial charge on any atom is -0.496 e. The van der Waals surface area contributed by atoms with Crippen molar-refractivity contribution < 1.29 is 13.9 Å². The van der Waals surface area contributed by atoms with Crippen molar-refractivity contribution in [3.8, 4) is 5.75 Å². The van der Waals surface area contributed by atoms with E-state index in [0.717, 1.165) is 10.0 Å². The summed E-state index contributed by atoms with van der Waals surface area (Å²) in [4.78, 5) is 11.9. The Kier molecular flexibility index (Phi) is 3.64. The first kappa shape index (κ1) is 11.9. The molecule has 2 rings (SSSR count). The van der Waals surface area contributed by atoms with Gasteiger partial charge < -0.3 is 9.15 Å². The third kappa shape index (κ3) is 2.77. The van der Waals surface area contributed by atoms with Gasteiger partial charge in [-0.05, 0) is 24.3 Å². The zero-order valence-electron chi connectivity index (χ0n) is 9.27. The summed E-state index contributed by atoms with van der Waals surface area (Å²) in [6.07, 6.45) is 3.24. The molecule has 0 saturated heterocycles. The summed E-state index contributed by atoms with van der Waals surface area (Å²) in [5.74, 6) is 0.722. The molecule has 0 bridgehead atoms. The number of halogens is 1. The zero-order valence-corrected chi connectivity index (χ0v) is 10.9. The molecule has 4 heteroatoms. The minimum atomic E-state index is 0.00940. The Labute approximate surface area is 108 Å². The third-order valence-electron chi connectivity index (χ3n) is 2.44. The fraction of sp³-hybridized carbons (Fsp3) is 0.154. The molecule has 0 atom stereocenters. The summed E-state index contributed by atoms with van der Waals surface area (Å²) in [5.41, 5.74) is 1.43. The van der Waals surface area contributed by atoms with Gasteiger partial charge in [0.25, 0.3) is 0 Å². The van der Waals surface area contributed by atoms with Crippen LogP contribution in [-0.2, 0) is 6.42 Å². The largest absolute Gasteiger partial charge is 0.496 e. The van der Waals surface area contributed by atoms with Crippen molar-refractivity contribution >= 4 is 21.7 Å². The fourth-order valence-electron chi connectivity index (χ4n) is 1.58. The van der Waals surface area contributed by atoms with Gasteiger partial charge in [0, 0.05) is 16.5 Å². The molecule has 0 aliphatic rings. The molecule has 0 spiro atoms. The third-order valence-corrected chi connectivity index (χ3v) is 2.93. The van der Waals surface area contributed by atoms with Gasteiger partial charge in [0.15, 0.2) is 5.78 Å². The van der Waals surface area contributed by atoms with Crippen molar-refractivity contribution in [3.63, 3.8) is 0 Å². The van der Waals surface area contributed by atoms with Gasteiger partial charge in [-0.3, -0.25) is 4.79 Å². The second-order valence-corrected chi connectivity index (χ2v) is 4.48. The van der Waals surface area contributed by atoms with Crippen LogP contribution in [0, 0.1) is 0 Å². The van der Waals surface area contributed by atoms with Gasteiger partial charge >= 0.3 is 0 Å². The molecule has 1 aromatic heterocycles. The molecule has 1 heterocycles. The molecule has 0 N–H and O–H groups in total. The van der Waals surface area contributed by atoms with E-state index in [1.54, 1.807) is 13.2 Å². The molecule has 0 aliphatic heterocycles. The van der Waals surface area contributed by atoms with Gasteiger partial charge in [-0.15, -0.1) is 0 Å². The van der Waals surface area contributed by atoms with Crippen molar-refractivity contribution in [3.05, 3.63) is 52.4 Å². The highest BCUT2D eigenvalue weighted by Crippen LogP contribution is 2.24. The molecular weight excluding hydrogens is 284 g/mol. The number of ether oxygens (including phenoxy) is 1. The number of rotatable bonds is 4. The molecule has 0 aliphatic carbocycles. The van der Waals surface area contributed by atoms with E-state index in [4.69, 9.17) is 9.15 Å². The minimum absolute atomic E-state index is 0.00940. The van der Waals surface area contributed by atoms with Gasteiger partial charge in [0.05, 0.1) is 18.9 Å². The van der Waals surface area contributed by atoms with Crippen molar-refractivity contribution in [1.82, 2.24) is 0 Å². The standard InChI is InChI=1S/C13H11BrO3/c1-16-13-3-2-11(14)6-10(13)7-12(15)9-4-5-17-8-9/h2-6,8H,7H2,1H3. The number of Topliss-reactive ketones (excluding diaryl/α,β-unsaturated/α-hetero) is 1. The highest BCUT2D eigenvalue weighted by atomic mass is 79.9. The number of furan rings is 1. The smallest absolute Gasteiger partial charge is 0.170 e. The lowest BCUT2D eigenvalue weighted by Gasteiger charge is -2.07. The average molecular weight is 295 g/mol. The van der Waals surface area contributed by atoms with E-state index in [9.17, 15) is 4.79 Å². The lowest BCUT2D eigenvalue weighted by Crippen LogP contribution is -2.03. The Bertz CT molecular complexity index is 517. The van der Waals surface area contributed by atoms with Gasteiger partial charge in [0.2, 0.25) is 0 Å². The summed E-state index contributed by atoms with van der Waals surface area (Å²) in [5, 5.41) is 0. The maximum Gasteiger partial charge on any atom is 0.170 e. The van der Waals surface area contributed by atoms with Crippen LogP contribution in [0.3, 0.4) is 0 Å². The predicted molar refractivity (Wildman–Crippen MR) is 67.4 cm³/mol. The Hall–Kier alpha value is -1.55. The maximum absolute atomic E-state index is 11.9. The van der Waals surface area contributed by atoms with Crippen molar-refractivity contribution in [2.24, 2.45) is 0 Å². The first-order valence-electron chi connectivity index (χ1n) is 5.08. The Morgan fingerprint density at radius 2 is 2.24 bits per heavy atom. The van der Waals surface area contributed by atoms with Crippen LogP contribution in [0.15, 0.2) is 45.7 Å². The molecule has 3 nitrogen and oxygen atoms in total. The second-order valence-electron chi connectivity index (χ2n) is 3.57. The summed E-state index contributed by atoms with van der Waals surface area (Å²) < 4.78 is 11.0. The molecule has 1 aromatic carbocycles. The van der Waals surface area contributed by atoms with Crippen molar-refractivity contribution in [2.75, 3.05) is 7.11 Å². The number of carbonyl (C=O) groups excluding carboxylic acids is 1. The van der Waals surface area contributed by atoms with E-state index in [1.165, 1.54) is 12.5 Å². The normalized spacial score (nSPS) is 10.2. The summed E-state index contributed by atoms with van der Waals surface area (Å²) >= 11 is 3.38. The van der Waals surface area contributed by atoms with Crippen LogP contribution in [0.5, 0.6) is 5.75 Å². The number of hydrogen-bond acceptors (Lipinski definition) is 3. The molecular formula is C13H11BrO3. The second kappa shape index (κ2) is 5.19. The Balaban J connectivity index is 2.23. The van der Waals surface area contributed by atoms with E-state index in [0.29, 0.717) is 17.7 Å². The zero-order chi connectivity index (χ0) is 12.3. The Morgan fingerprint density at radius 1 is 1.41 bits per heavy atom. The topological polar surface area (TPSA) is 39.4 Å². The molecule has 0 amide bonds. The number of hydrogen-bond donors (Lipinski definition) is 0. The van der Waals surface area contributed by atoms with Crippen LogP contribution in [0.2, 0.25) is 0 Å². The molecule has 0 saturated carbocycles. The lowest BCUT2D eigenvalue weighted by molar-refractivity contribution is 0.0991. The number of carbonyl (C=O) groups is 1. The van der Waals surface area contributed by atoms with E-state index >= 15 is 0 Å². The molecule has 88 valence electrons. The number of ketones is 1.